The Labute approximate surface area is 113 Å². The molecule has 2 aromatic rings. The fourth-order valence-electron chi connectivity index (χ4n) is 1.32. The minimum absolute atomic E-state index is 0.0393. The van der Waals surface area contributed by atoms with E-state index in [0.717, 1.165) is 6.20 Å². The molecule has 0 unspecified atom stereocenters. The van der Waals surface area contributed by atoms with Crippen molar-refractivity contribution in [3.63, 3.8) is 0 Å². The number of anilines is 1. The van der Waals surface area contributed by atoms with E-state index in [1.165, 1.54) is 30.6 Å². The molecule has 0 atom stereocenters. The van der Waals surface area contributed by atoms with Gasteiger partial charge in [-0.15, -0.1) is 0 Å². The number of halogens is 1. The fourth-order valence-corrected chi connectivity index (χ4v) is 1.51. The van der Waals surface area contributed by atoms with E-state index in [9.17, 15) is 9.59 Å². The van der Waals surface area contributed by atoms with Crippen molar-refractivity contribution in [2.45, 2.75) is 0 Å². The summed E-state index contributed by atoms with van der Waals surface area (Å²) in [5.41, 5.74) is 0.255. The first-order valence-electron chi connectivity index (χ1n) is 5.18. The maximum Gasteiger partial charge on any atom is 0.337 e. The summed E-state index contributed by atoms with van der Waals surface area (Å²) in [6, 6.07) is 4.23. The van der Waals surface area contributed by atoms with Gasteiger partial charge in [-0.3, -0.25) is 9.78 Å². The molecule has 1 amide bonds. The first-order chi connectivity index (χ1) is 9.08. The van der Waals surface area contributed by atoms with Crippen LogP contribution in [0.15, 0.2) is 36.8 Å². The molecule has 2 rings (SSSR count). The number of rotatable bonds is 3. The standard InChI is InChI=1S/C12H8ClN3O3/c13-9-3-4-14-6-8(9)11(17)16-10-2-1-7(5-15-10)12(18)19/h1-6H,(H,18,19)(H,15,16,17). The lowest BCUT2D eigenvalue weighted by Gasteiger charge is -2.05. The predicted octanol–water partition coefficient (Wildman–Crippen LogP) is 2.08. The molecule has 0 saturated heterocycles. The Hall–Kier alpha value is -2.47. The smallest absolute Gasteiger partial charge is 0.337 e. The second-order valence-corrected chi connectivity index (χ2v) is 3.95. The van der Waals surface area contributed by atoms with Crippen LogP contribution in [0.5, 0.6) is 0 Å². The summed E-state index contributed by atoms with van der Waals surface area (Å²) in [5, 5.41) is 11.5. The maximum absolute atomic E-state index is 11.9. The van der Waals surface area contributed by atoms with E-state index in [4.69, 9.17) is 16.7 Å². The second-order valence-electron chi connectivity index (χ2n) is 3.55. The quantitative estimate of drug-likeness (QED) is 0.896. The molecular formula is C12H8ClN3O3. The largest absolute Gasteiger partial charge is 0.478 e. The third kappa shape index (κ3) is 3.05. The van der Waals surface area contributed by atoms with Gasteiger partial charge in [0.25, 0.3) is 5.91 Å². The van der Waals surface area contributed by atoms with Gasteiger partial charge in [-0.1, -0.05) is 11.6 Å². The molecule has 0 saturated carbocycles. The average Bonchev–Trinajstić information content (AvgIpc) is 2.39. The summed E-state index contributed by atoms with van der Waals surface area (Å²) in [4.78, 5) is 30.1. The van der Waals surface area contributed by atoms with E-state index < -0.39 is 11.9 Å². The van der Waals surface area contributed by atoms with Crippen molar-refractivity contribution in [3.05, 3.63) is 52.9 Å². The van der Waals surface area contributed by atoms with Gasteiger partial charge in [-0.2, -0.15) is 0 Å². The normalized spacial score (nSPS) is 9.95. The maximum atomic E-state index is 11.9. The van der Waals surface area contributed by atoms with Crippen molar-refractivity contribution < 1.29 is 14.7 Å². The number of nitrogens with zero attached hydrogens (tertiary/aromatic N) is 2. The van der Waals surface area contributed by atoms with E-state index in [1.54, 1.807) is 0 Å². The molecule has 2 heterocycles. The number of pyridine rings is 2. The van der Waals surface area contributed by atoms with Gasteiger partial charge in [-0.25, -0.2) is 9.78 Å². The van der Waals surface area contributed by atoms with E-state index in [-0.39, 0.29) is 22.0 Å². The van der Waals surface area contributed by atoms with Gasteiger partial charge >= 0.3 is 5.97 Å². The minimum Gasteiger partial charge on any atom is -0.478 e. The number of amides is 1. The summed E-state index contributed by atoms with van der Waals surface area (Å²) in [7, 11) is 0. The number of aromatic nitrogens is 2. The summed E-state index contributed by atoms with van der Waals surface area (Å²) in [6.45, 7) is 0. The zero-order chi connectivity index (χ0) is 13.8. The first-order valence-corrected chi connectivity index (χ1v) is 5.56. The highest BCUT2D eigenvalue weighted by molar-refractivity contribution is 6.34. The third-order valence-corrected chi connectivity index (χ3v) is 2.59. The van der Waals surface area contributed by atoms with E-state index in [2.05, 4.69) is 15.3 Å². The molecule has 0 aliphatic heterocycles. The van der Waals surface area contributed by atoms with Crippen LogP contribution in [0.4, 0.5) is 5.82 Å². The zero-order valence-corrected chi connectivity index (χ0v) is 10.3. The Bertz CT molecular complexity index is 628. The summed E-state index contributed by atoms with van der Waals surface area (Å²) >= 11 is 5.85. The Kier molecular flexibility index (Phi) is 3.72. The van der Waals surface area contributed by atoms with Crippen molar-refractivity contribution in [3.8, 4) is 0 Å². The molecule has 0 spiro atoms. The fraction of sp³-hybridized carbons (Fsp3) is 0. The SMILES string of the molecule is O=C(O)c1ccc(NC(=O)c2cnccc2Cl)nc1. The van der Waals surface area contributed by atoms with Crippen molar-refractivity contribution in [1.82, 2.24) is 9.97 Å². The van der Waals surface area contributed by atoms with E-state index >= 15 is 0 Å². The number of carboxylic acids is 1. The molecule has 96 valence electrons. The molecule has 19 heavy (non-hydrogen) atoms. The number of aromatic carboxylic acids is 1. The lowest BCUT2D eigenvalue weighted by molar-refractivity contribution is 0.0696. The van der Waals surface area contributed by atoms with Crippen molar-refractivity contribution in [2.75, 3.05) is 5.32 Å². The van der Waals surface area contributed by atoms with Gasteiger partial charge in [0.05, 0.1) is 16.1 Å². The number of carboxylic acid groups (broad SMARTS) is 1. The number of hydrogen-bond acceptors (Lipinski definition) is 4. The van der Waals surface area contributed by atoms with Crippen LogP contribution < -0.4 is 5.32 Å². The van der Waals surface area contributed by atoms with E-state index in [0.29, 0.717) is 0 Å². The van der Waals surface area contributed by atoms with Gasteiger partial charge in [0.2, 0.25) is 0 Å². The molecule has 0 aliphatic rings. The minimum atomic E-state index is -1.08. The van der Waals surface area contributed by atoms with E-state index in [1.807, 2.05) is 0 Å². The molecule has 0 aliphatic carbocycles. The van der Waals surface area contributed by atoms with Crippen LogP contribution in [0.2, 0.25) is 5.02 Å². The number of carbonyl (C=O) groups excluding carboxylic acids is 1. The van der Waals surface area contributed by atoms with Gasteiger partial charge in [0.15, 0.2) is 0 Å². The molecule has 2 N–H and O–H groups in total. The monoisotopic (exact) mass is 277 g/mol. The second kappa shape index (κ2) is 5.45. The highest BCUT2D eigenvalue weighted by Crippen LogP contribution is 2.15. The Morgan fingerprint density at radius 2 is 2.00 bits per heavy atom. The van der Waals surface area contributed by atoms with Crippen LogP contribution in [0, 0.1) is 0 Å². The highest BCUT2D eigenvalue weighted by Gasteiger charge is 2.11. The molecular weight excluding hydrogens is 270 g/mol. The highest BCUT2D eigenvalue weighted by atomic mass is 35.5. The van der Waals surface area contributed by atoms with Crippen LogP contribution in [0.25, 0.3) is 0 Å². The van der Waals surface area contributed by atoms with Crippen LogP contribution in [0.3, 0.4) is 0 Å². The molecule has 0 bridgehead atoms. The topological polar surface area (TPSA) is 92.2 Å². The Morgan fingerprint density at radius 3 is 2.58 bits per heavy atom. The van der Waals surface area contributed by atoms with Crippen molar-refractivity contribution >= 4 is 29.3 Å². The first kappa shape index (κ1) is 13.0. The molecule has 7 heteroatoms. The Balaban J connectivity index is 2.15. The van der Waals surface area contributed by atoms with Crippen LogP contribution in [0.1, 0.15) is 20.7 Å². The van der Waals surface area contributed by atoms with Gasteiger partial charge in [0, 0.05) is 18.6 Å². The average molecular weight is 278 g/mol. The van der Waals surface area contributed by atoms with Gasteiger partial charge in [-0.05, 0) is 18.2 Å². The summed E-state index contributed by atoms with van der Waals surface area (Å²) in [6.07, 6.45) is 3.96. The van der Waals surface area contributed by atoms with Crippen LogP contribution in [-0.2, 0) is 0 Å². The van der Waals surface area contributed by atoms with Gasteiger partial charge in [0.1, 0.15) is 5.82 Å². The lowest BCUT2D eigenvalue weighted by atomic mass is 10.2. The Morgan fingerprint density at radius 1 is 1.21 bits per heavy atom. The predicted molar refractivity (Wildman–Crippen MR) is 68.4 cm³/mol. The number of hydrogen-bond donors (Lipinski definition) is 2. The van der Waals surface area contributed by atoms with Crippen LogP contribution in [-0.4, -0.2) is 27.0 Å². The molecule has 2 aromatic heterocycles. The lowest BCUT2D eigenvalue weighted by Crippen LogP contribution is -2.14. The third-order valence-electron chi connectivity index (χ3n) is 2.26. The number of carbonyl (C=O) groups is 2. The zero-order valence-electron chi connectivity index (χ0n) is 9.50. The molecule has 6 nitrogen and oxygen atoms in total. The molecule has 0 fully saturated rings. The molecule has 0 aromatic carbocycles. The van der Waals surface area contributed by atoms with Crippen molar-refractivity contribution in [2.24, 2.45) is 0 Å². The summed E-state index contributed by atoms with van der Waals surface area (Å²) in [5.74, 6) is -1.32. The molecule has 0 radical (unpaired) electrons. The van der Waals surface area contributed by atoms with Crippen LogP contribution >= 0.6 is 11.6 Å². The van der Waals surface area contributed by atoms with Crippen molar-refractivity contribution in [1.29, 1.82) is 0 Å². The van der Waals surface area contributed by atoms with Gasteiger partial charge < -0.3 is 10.4 Å². The summed E-state index contributed by atoms with van der Waals surface area (Å²) < 4.78 is 0. The number of nitrogens with one attached hydrogen (secondary N) is 1.